The number of hydrogen-bond acceptors (Lipinski definition) is 3. The van der Waals surface area contributed by atoms with Crippen molar-refractivity contribution in [3.63, 3.8) is 0 Å². The van der Waals surface area contributed by atoms with Gasteiger partial charge in [0.1, 0.15) is 5.82 Å². The third kappa shape index (κ3) is 2.56. The zero-order valence-corrected chi connectivity index (χ0v) is 12.1. The molecule has 1 saturated carbocycles. The van der Waals surface area contributed by atoms with Crippen molar-refractivity contribution >= 4 is 0 Å². The molecule has 0 aromatic carbocycles. The van der Waals surface area contributed by atoms with Crippen molar-refractivity contribution in [1.29, 1.82) is 0 Å². The van der Waals surface area contributed by atoms with Crippen molar-refractivity contribution < 1.29 is 4.74 Å². The lowest BCUT2D eigenvalue weighted by atomic mass is 9.75. The lowest BCUT2D eigenvalue weighted by Gasteiger charge is -2.34. The maximum Gasteiger partial charge on any atom is 0.108 e. The lowest BCUT2D eigenvalue weighted by molar-refractivity contribution is 0.0272. The third-order valence-electron chi connectivity index (χ3n) is 4.85. The SMILES string of the molecule is CNCC1(CCc2nccn2C)CCOC1C1CC1. The average Bonchev–Trinajstić information content (AvgIpc) is 3.03. The van der Waals surface area contributed by atoms with Crippen LogP contribution < -0.4 is 5.32 Å². The van der Waals surface area contributed by atoms with E-state index in [0.29, 0.717) is 11.5 Å². The number of nitrogens with one attached hydrogen (secondary N) is 1. The Hall–Kier alpha value is -0.870. The first kappa shape index (κ1) is 13.1. The highest BCUT2D eigenvalue weighted by atomic mass is 16.5. The maximum absolute atomic E-state index is 6.08. The highest BCUT2D eigenvalue weighted by molar-refractivity contribution is 5.02. The molecular formula is C15H25N3O. The molecule has 4 heteroatoms. The first-order chi connectivity index (χ1) is 9.25. The predicted molar refractivity (Wildman–Crippen MR) is 75.0 cm³/mol. The number of ether oxygens (including phenoxy) is 1. The Morgan fingerprint density at radius 1 is 1.53 bits per heavy atom. The van der Waals surface area contributed by atoms with Gasteiger partial charge in [-0.3, -0.25) is 0 Å². The van der Waals surface area contributed by atoms with E-state index < -0.39 is 0 Å². The Labute approximate surface area is 115 Å². The molecule has 1 aromatic rings. The van der Waals surface area contributed by atoms with Crippen LogP contribution in [0.5, 0.6) is 0 Å². The number of rotatable bonds is 6. The van der Waals surface area contributed by atoms with E-state index in [9.17, 15) is 0 Å². The van der Waals surface area contributed by atoms with Crippen LogP contribution in [0.3, 0.4) is 0 Å². The Kier molecular flexibility index (Phi) is 3.63. The summed E-state index contributed by atoms with van der Waals surface area (Å²) >= 11 is 0. The molecule has 0 radical (unpaired) electrons. The molecule has 0 amide bonds. The number of nitrogens with zero attached hydrogens (tertiary/aromatic N) is 2. The van der Waals surface area contributed by atoms with Crippen molar-refractivity contribution in [2.24, 2.45) is 18.4 Å². The fourth-order valence-corrected chi connectivity index (χ4v) is 3.64. The van der Waals surface area contributed by atoms with Gasteiger partial charge in [-0.25, -0.2) is 4.98 Å². The van der Waals surface area contributed by atoms with Crippen molar-refractivity contribution in [3.05, 3.63) is 18.2 Å². The fraction of sp³-hybridized carbons (Fsp3) is 0.800. The zero-order chi connectivity index (χ0) is 13.3. The van der Waals surface area contributed by atoms with Gasteiger partial charge in [-0.05, 0) is 38.6 Å². The van der Waals surface area contributed by atoms with E-state index in [-0.39, 0.29) is 0 Å². The topological polar surface area (TPSA) is 39.1 Å². The van der Waals surface area contributed by atoms with Gasteiger partial charge in [0, 0.05) is 44.4 Å². The molecule has 0 spiro atoms. The van der Waals surface area contributed by atoms with E-state index in [2.05, 4.69) is 29.0 Å². The van der Waals surface area contributed by atoms with Gasteiger partial charge < -0.3 is 14.6 Å². The smallest absolute Gasteiger partial charge is 0.108 e. The number of hydrogen-bond donors (Lipinski definition) is 1. The van der Waals surface area contributed by atoms with Crippen molar-refractivity contribution in [2.75, 3.05) is 20.2 Å². The number of aromatic nitrogens is 2. The second-order valence-corrected chi connectivity index (χ2v) is 6.23. The molecule has 2 fully saturated rings. The second kappa shape index (κ2) is 5.25. The summed E-state index contributed by atoms with van der Waals surface area (Å²) in [6.45, 7) is 2.00. The van der Waals surface area contributed by atoms with E-state index in [1.54, 1.807) is 0 Å². The normalized spacial score (nSPS) is 30.9. The van der Waals surface area contributed by atoms with Gasteiger partial charge in [0.05, 0.1) is 6.10 Å². The first-order valence-corrected chi connectivity index (χ1v) is 7.47. The summed E-state index contributed by atoms with van der Waals surface area (Å²) in [5, 5.41) is 3.40. The third-order valence-corrected chi connectivity index (χ3v) is 4.85. The van der Waals surface area contributed by atoms with Crippen LogP contribution in [0.4, 0.5) is 0 Å². The molecule has 19 heavy (non-hydrogen) atoms. The van der Waals surface area contributed by atoms with Crippen molar-refractivity contribution in [1.82, 2.24) is 14.9 Å². The minimum atomic E-state index is 0.321. The molecule has 2 aliphatic rings. The average molecular weight is 263 g/mol. The van der Waals surface area contributed by atoms with Gasteiger partial charge in [-0.15, -0.1) is 0 Å². The van der Waals surface area contributed by atoms with Crippen LogP contribution in [-0.2, 0) is 18.2 Å². The Bertz CT molecular complexity index is 427. The molecular weight excluding hydrogens is 238 g/mol. The summed E-state index contributed by atoms with van der Waals surface area (Å²) in [6, 6.07) is 0. The summed E-state index contributed by atoms with van der Waals surface area (Å²) in [5.74, 6) is 2.01. The van der Waals surface area contributed by atoms with Gasteiger partial charge in [0.25, 0.3) is 0 Å². The van der Waals surface area contributed by atoms with Crippen molar-refractivity contribution in [2.45, 2.75) is 38.2 Å². The summed E-state index contributed by atoms with van der Waals surface area (Å²) in [5.41, 5.74) is 0.321. The lowest BCUT2D eigenvalue weighted by Crippen LogP contribution is -2.41. The Morgan fingerprint density at radius 2 is 2.37 bits per heavy atom. The fourth-order valence-electron chi connectivity index (χ4n) is 3.64. The number of imidazole rings is 1. The highest BCUT2D eigenvalue weighted by Gasteiger charge is 2.50. The largest absolute Gasteiger partial charge is 0.377 e. The van der Waals surface area contributed by atoms with Crippen LogP contribution in [0, 0.1) is 11.3 Å². The molecule has 106 valence electrons. The highest BCUT2D eigenvalue weighted by Crippen LogP contribution is 2.49. The van der Waals surface area contributed by atoms with E-state index in [1.807, 2.05) is 12.4 Å². The second-order valence-electron chi connectivity index (χ2n) is 6.23. The van der Waals surface area contributed by atoms with Crippen LogP contribution in [0.1, 0.15) is 31.5 Å². The molecule has 1 aliphatic carbocycles. The minimum Gasteiger partial charge on any atom is -0.377 e. The molecule has 4 nitrogen and oxygen atoms in total. The first-order valence-electron chi connectivity index (χ1n) is 7.47. The maximum atomic E-state index is 6.08. The van der Waals surface area contributed by atoms with Gasteiger partial charge in [-0.1, -0.05) is 0 Å². The Balaban J connectivity index is 1.71. The quantitative estimate of drug-likeness (QED) is 0.850. The Morgan fingerprint density at radius 3 is 3.00 bits per heavy atom. The molecule has 0 bridgehead atoms. The summed E-state index contributed by atoms with van der Waals surface area (Å²) < 4.78 is 8.21. The summed E-state index contributed by atoms with van der Waals surface area (Å²) in [7, 11) is 4.14. The van der Waals surface area contributed by atoms with Gasteiger partial charge >= 0.3 is 0 Å². The molecule has 1 aliphatic heterocycles. The van der Waals surface area contributed by atoms with Crippen LogP contribution in [-0.4, -0.2) is 35.9 Å². The molecule has 2 atom stereocenters. The molecule has 1 N–H and O–H groups in total. The number of aryl methyl sites for hydroxylation is 2. The zero-order valence-electron chi connectivity index (χ0n) is 12.1. The van der Waals surface area contributed by atoms with Crippen LogP contribution in [0.15, 0.2) is 12.4 Å². The molecule has 1 saturated heterocycles. The van der Waals surface area contributed by atoms with E-state index in [0.717, 1.165) is 25.5 Å². The van der Waals surface area contributed by atoms with Gasteiger partial charge in [-0.2, -0.15) is 0 Å². The van der Waals surface area contributed by atoms with Gasteiger partial charge in [0.15, 0.2) is 0 Å². The van der Waals surface area contributed by atoms with E-state index >= 15 is 0 Å². The van der Waals surface area contributed by atoms with E-state index in [4.69, 9.17) is 4.74 Å². The molecule has 3 rings (SSSR count). The predicted octanol–water partition coefficient (Wildman–Crippen LogP) is 1.76. The van der Waals surface area contributed by atoms with Crippen molar-refractivity contribution in [3.8, 4) is 0 Å². The summed E-state index contributed by atoms with van der Waals surface area (Å²) in [6.07, 6.45) is 10.5. The summed E-state index contributed by atoms with van der Waals surface area (Å²) in [4.78, 5) is 4.46. The van der Waals surface area contributed by atoms with Crippen LogP contribution >= 0.6 is 0 Å². The standard InChI is InChI=1S/C15H25N3O/c1-16-11-15(6-5-13-17-8-9-18(13)2)7-10-19-14(15)12-3-4-12/h8-9,12,14,16H,3-7,10-11H2,1-2H3. The molecule has 1 aromatic heterocycles. The molecule has 2 unspecified atom stereocenters. The van der Waals surface area contributed by atoms with Gasteiger partial charge in [0.2, 0.25) is 0 Å². The van der Waals surface area contributed by atoms with E-state index in [1.165, 1.54) is 31.5 Å². The van der Waals surface area contributed by atoms with Crippen LogP contribution in [0.25, 0.3) is 0 Å². The molecule has 2 heterocycles. The monoisotopic (exact) mass is 263 g/mol. The van der Waals surface area contributed by atoms with Crippen LogP contribution in [0.2, 0.25) is 0 Å². The minimum absolute atomic E-state index is 0.321.